The number of ether oxygens (including phenoxy) is 1. The van der Waals surface area contributed by atoms with Gasteiger partial charge < -0.3 is 4.74 Å². The lowest BCUT2D eigenvalue weighted by atomic mass is 9.75. The van der Waals surface area contributed by atoms with Gasteiger partial charge in [-0.05, 0) is 48.7 Å². The molecular formula is C19H28N2O2S. The summed E-state index contributed by atoms with van der Waals surface area (Å²) >= 11 is 1.75. The number of thiophene rings is 1. The highest BCUT2D eigenvalue weighted by Crippen LogP contribution is 2.43. The highest BCUT2D eigenvalue weighted by Gasteiger charge is 2.53. The minimum absolute atomic E-state index is 0.0129. The zero-order chi connectivity index (χ0) is 17.0. The van der Waals surface area contributed by atoms with Crippen LogP contribution in [-0.2, 0) is 16.1 Å². The smallest absolute Gasteiger partial charge is 0.313 e. The van der Waals surface area contributed by atoms with Crippen molar-refractivity contribution in [3.8, 4) is 0 Å². The number of nitrogens with zero attached hydrogens (tertiary/aromatic N) is 2. The summed E-state index contributed by atoms with van der Waals surface area (Å²) in [6.07, 6.45) is 3.93. The Morgan fingerprint density at radius 1 is 1.50 bits per heavy atom. The van der Waals surface area contributed by atoms with Gasteiger partial charge in [0.15, 0.2) is 0 Å². The summed E-state index contributed by atoms with van der Waals surface area (Å²) in [5.41, 5.74) is 1.05. The van der Waals surface area contributed by atoms with Crippen LogP contribution in [-0.4, -0.2) is 55.1 Å². The number of carbonyl (C=O) groups is 1. The maximum atomic E-state index is 12.8. The van der Waals surface area contributed by atoms with Crippen molar-refractivity contribution in [2.75, 3.05) is 39.3 Å². The highest BCUT2D eigenvalue weighted by molar-refractivity contribution is 7.07. The third-order valence-corrected chi connectivity index (χ3v) is 6.13. The van der Waals surface area contributed by atoms with E-state index in [0.29, 0.717) is 12.5 Å². The van der Waals surface area contributed by atoms with Gasteiger partial charge in [-0.2, -0.15) is 11.3 Å². The predicted octanol–water partition coefficient (Wildman–Crippen LogP) is 3.01. The lowest BCUT2D eigenvalue weighted by Crippen LogP contribution is -2.42. The van der Waals surface area contributed by atoms with E-state index in [-0.39, 0.29) is 11.4 Å². The number of carbonyl (C=O) groups excluding carboxylic acids is 1. The fourth-order valence-electron chi connectivity index (χ4n) is 4.33. The van der Waals surface area contributed by atoms with Crippen molar-refractivity contribution in [1.29, 1.82) is 0 Å². The van der Waals surface area contributed by atoms with E-state index in [2.05, 4.69) is 33.2 Å². The summed E-state index contributed by atoms with van der Waals surface area (Å²) in [7, 11) is 0. The lowest BCUT2D eigenvalue weighted by molar-refractivity contribution is -0.157. The highest BCUT2D eigenvalue weighted by atomic mass is 32.1. The summed E-state index contributed by atoms with van der Waals surface area (Å²) in [6.45, 7) is 11.9. The lowest BCUT2D eigenvalue weighted by Gasteiger charge is -2.31. The maximum absolute atomic E-state index is 12.8. The summed E-state index contributed by atoms with van der Waals surface area (Å²) < 4.78 is 5.50. The molecule has 2 atom stereocenters. The van der Waals surface area contributed by atoms with Gasteiger partial charge in [-0.3, -0.25) is 14.6 Å². The molecule has 0 unspecified atom stereocenters. The molecule has 4 nitrogen and oxygen atoms in total. The molecule has 0 saturated carbocycles. The molecule has 0 aromatic carbocycles. The van der Waals surface area contributed by atoms with Gasteiger partial charge in [0.05, 0.1) is 12.0 Å². The fourth-order valence-corrected chi connectivity index (χ4v) is 4.99. The molecule has 132 valence electrons. The number of rotatable bonds is 6. The van der Waals surface area contributed by atoms with Crippen LogP contribution in [0.1, 0.15) is 25.3 Å². The van der Waals surface area contributed by atoms with Crippen molar-refractivity contribution in [2.45, 2.75) is 26.3 Å². The summed E-state index contributed by atoms with van der Waals surface area (Å²) in [5, 5.41) is 4.36. The van der Waals surface area contributed by atoms with Gasteiger partial charge in [0, 0.05) is 38.6 Å². The minimum atomic E-state index is -0.331. The third kappa shape index (κ3) is 3.58. The predicted molar refractivity (Wildman–Crippen MR) is 98.0 cm³/mol. The quantitative estimate of drug-likeness (QED) is 0.584. The number of fused-ring (bicyclic) bond motifs is 1. The van der Waals surface area contributed by atoms with E-state index in [4.69, 9.17) is 4.74 Å². The number of hydrogen-bond donors (Lipinski definition) is 0. The number of likely N-dealkylation sites (tertiary alicyclic amines) is 2. The monoisotopic (exact) mass is 348 g/mol. The van der Waals surface area contributed by atoms with Crippen molar-refractivity contribution >= 4 is 17.3 Å². The summed E-state index contributed by atoms with van der Waals surface area (Å²) in [6, 6.07) is 2.20. The fraction of sp³-hybridized carbons (Fsp3) is 0.632. The van der Waals surface area contributed by atoms with Crippen LogP contribution in [0.4, 0.5) is 0 Å². The van der Waals surface area contributed by atoms with Gasteiger partial charge in [-0.25, -0.2) is 0 Å². The van der Waals surface area contributed by atoms with E-state index >= 15 is 0 Å². The minimum Gasteiger partial charge on any atom is -0.466 e. The topological polar surface area (TPSA) is 32.8 Å². The molecule has 3 rings (SSSR count). The van der Waals surface area contributed by atoms with Gasteiger partial charge in [0.2, 0.25) is 0 Å². The zero-order valence-corrected chi connectivity index (χ0v) is 15.4. The van der Waals surface area contributed by atoms with Crippen molar-refractivity contribution in [1.82, 2.24) is 9.80 Å². The van der Waals surface area contributed by atoms with Crippen LogP contribution in [0.2, 0.25) is 0 Å². The van der Waals surface area contributed by atoms with E-state index in [1.54, 1.807) is 11.3 Å². The Labute approximate surface area is 149 Å². The van der Waals surface area contributed by atoms with Crippen LogP contribution in [0.15, 0.2) is 29.5 Å². The molecule has 5 heteroatoms. The molecule has 0 spiro atoms. The first kappa shape index (κ1) is 17.6. The summed E-state index contributed by atoms with van der Waals surface area (Å²) in [4.78, 5) is 17.7. The Bertz CT molecular complexity index is 560. The first-order valence-corrected chi connectivity index (χ1v) is 9.86. The molecule has 0 N–H and O–H groups in total. The van der Waals surface area contributed by atoms with Crippen LogP contribution >= 0.6 is 11.3 Å². The van der Waals surface area contributed by atoms with Gasteiger partial charge in [0.1, 0.15) is 0 Å². The molecule has 2 saturated heterocycles. The summed E-state index contributed by atoms with van der Waals surface area (Å²) in [5.74, 6) is 0.358. The zero-order valence-electron chi connectivity index (χ0n) is 14.6. The largest absolute Gasteiger partial charge is 0.466 e. The van der Waals surface area contributed by atoms with Gasteiger partial charge in [-0.1, -0.05) is 6.08 Å². The van der Waals surface area contributed by atoms with Crippen LogP contribution in [0, 0.1) is 11.3 Å². The molecule has 0 radical (unpaired) electrons. The van der Waals surface area contributed by atoms with Crippen molar-refractivity contribution in [3.05, 3.63) is 35.0 Å². The Morgan fingerprint density at radius 3 is 3.04 bits per heavy atom. The molecule has 2 fully saturated rings. The average molecular weight is 349 g/mol. The van der Waals surface area contributed by atoms with Crippen molar-refractivity contribution in [3.63, 3.8) is 0 Å². The van der Waals surface area contributed by atoms with Crippen molar-refractivity contribution in [2.24, 2.45) is 11.3 Å². The molecule has 0 aliphatic carbocycles. The van der Waals surface area contributed by atoms with Crippen molar-refractivity contribution < 1.29 is 9.53 Å². The number of esters is 1. The molecule has 2 aliphatic heterocycles. The molecule has 2 aliphatic rings. The maximum Gasteiger partial charge on any atom is 0.313 e. The standard InChI is InChI=1S/C19H28N2O2S/c1-3-8-21-13-17-12-20(11-16-6-10-24-14-16)9-5-7-19(17,15-21)18(22)23-4-2/h3,6,10,14,17H,1,4-5,7-9,11-13,15H2,2H3/t17-,19-/m0/s1. The van der Waals surface area contributed by atoms with E-state index < -0.39 is 0 Å². The second kappa shape index (κ2) is 7.81. The van der Waals surface area contributed by atoms with Gasteiger partial charge in [-0.15, -0.1) is 6.58 Å². The first-order valence-electron chi connectivity index (χ1n) is 8.92. The normalized spacial score (nSPS) is 28.3. The molecule has 24 heavy (non-hydrogen) atoms. The Hall–Kier alpha value is -1.17. The second-order valence-electron chi connectivity index (χ2n) is 7.03. The molecule has 1 aromatic rings. The third-order valence-electron chi connectivity index (χ3n) is 5.40. The van der Waals surface area contributed by atoms with Crippen LogP contribution in [0.5, 0.6) is 0 Å². The second-order valence-corrected chi connectivity index (χ2v) is 7.81. The molecular weight excluding hydrogens is 320 g/mol. The molecule has 3 heterocycles. The SMILES string of the molecule is C=CCN1C[C@@H]2CN(Cc3ccsc3)CCC[C@]2(C(=O)OCC)C1. The molecule has 1 aromatic heterocycles. The Morgan fingerprint density at radius 2 is 2.33 bits per heavy atom. The van der Waals surface area contributed by atoms with Crippen LogP contribution < -0.4 is 0 Å². The van der Waals surface area contributed by atoms with E-state index in [9.17, 15) is 4.79 Å². The molecule has 0 amide bonds. The number of hydrogen-bond acceptors (Lipinski definition) is 5. The van der Waals surface area contributed by atoms with E-state index in [0.717, 1.165) is 52.1 Å². The van der Waals surface area contributed by atoms with Crippen LogP contribution in [0.3, 0.4) is 0 Å². The first-order chi connectivity index (χ1) is 11.7. The van der Waals surface area contributed by atoms with Gasteiger partial charge in [0.25, 0.3) is 0 Å². The van der Waals surface area contributed by atoms with Crippen LogP contribution in [0.25, 0.3) is 0 Å². The Balaban J connectivity index is 1.77. The van der Waals surface area contributed by atoms with Gasteiger partial charge >= 0.3 is 5.97 Å². The van der Waals surface area contributed by atoms with E-state index in [1.807, 2.05) is 13.0 Å². The van der Waals surface area contributed by atoms with E-state index in [1.165, 1.54) is 5.56 Å². The average Bonchev–Trinajstić information content (AvgIpc) is 3.13. The molecule has 0 bridgehead atoms. The Kier molecular flexibility index (Phi) is 5.74.